The summed E-state index contributed by atoms with van der Waals surface area (Å²) in [5.41, 5.74) is 1.46. The standard InChI is InChI=1S/C23H23N3O5S/c1-24-23(28)19-9-5-10-20(15-19)25-22(27)17-26(16-21-11-6-13-31-21)32(29,30)14-12-18-7-3-2-4-8-18/h2-15H,16-17H2,1H3,(H,24,28)(H,25,27)/b14-12+. The van der Waals surface area contributed by atoms with Gasteiger partial charge in [-0.3, -0.25) is 9.59 Å². The van der Waals surface area contributed by atoms with Crippen LogP contribution in [0, 0.1) is 0 Å². The first-order valence-electron chi connectivity index (χ1n) is 9.75. The topological polar surface area (TPSA) is 109 Å². The van der Waals surface area contributed by atoms with E-state index in [4.69, 9.17) is 4.42 Å². The van der Waals surface area contributed by atoms with Crippen LogP contribution in [0.5, 0.6) is 0 Å². The SMILES string of the molecule is CNC(=O)c1cccc(NC(=O)CN(Cc2ccco2)S(=O)(=O)/C=C/c2ccccc2)c1. The summed E-state index contributed by atoms with van der Waals surface area (Å²) in [5.74, 6) is -0.451. The van der Waals surface area contributed by atoms with Crippen molar-refractivity contribution in [2.45, 2.75) is 6.54 Å². The van der Waals surface area contributed by atoms with Crippen molar-refractivity contribution in [2.75, 3.05) is 18.9 Å². The molecule has 0 unspecified atom stereocenters. The lowest BCUT2D eigenvalue weighted by Crippen LogP contribution is -2.36. The highest BCUT2D eigenvalue weighted by molar-refractivity contribution is 7.92. The van der Waals surface area contributed by atoms with Crippen LogP contribution in [0.15, 0.2) is 82.8 Å². The minimum atomic E-state index is -3.94. The molecule has 8 nitrogen and oxygen atoms in total. The Balaban J connectivity index is 1.77. The molecule has 9 heteroatoms. The molecule has 3 aromatic rings. The van der Waals surface area contributed by atoms with Crippen LogP contribution in [-0.2, 0) is 21.4 Å². The summed E-state index contributed by atoms with van der Waals surface area (Å²) >= 11 is 0. The van der Waals surface area contributed by atoms with Crippen molar-refractivity contribution in [2.24, 2.45) is 0 Å². The van der Waals surface area contributed by atoms with E-state index in [1.807, 2.05) is 6.07 Å². The molecule has 0 saturated carbocycles. The number of benzene rings is 2. The number of nitrogens with one attached hydrogen (secondary N) is 2. The molecule has 2 N–H and O–H groups in total. The van der Waals surface area contributed by atoms with Gasteiger partial charge in [-0.05, 0) is 42.0 Å². The third kappa shape index (κ3) is 6.40. The molecule has 166 valence electrons. The van der Waals surface area contributed by atoms with Crippen LogP contribution in [0.25, 0.3) is 6.08 Å². The van der Waals surface area contributed by atoms with Gasteiger partial charge < -0.3 is 15.1 Å². The number of hydrogen-bond acceptors (Lipinski definition) is 5. The summed E-state index contributed by atoms with van der Waals surface area (Å²) in [7, 11) is -2.43. The Bertz CT molecular complexity index is 1190. The Morgan fingerprint density at radius 1 is 1.03 bits per heavy atom. The molecular formula is C23H23N3O5S. The summed E-state index contributed by atoms with van der Waals surface area (Å²) in [6, 6.07) is 18.6. The summed E-state index contributed by atoms with van der Waals surface area (Å²) in [4.78, 5) is 24.4. The van der Waals surface area contributed by atoms with Gasteiger partial charge in [0.05, 0.1) is 19.4 Å². The highest BCUT2D eigenvalue weighted by atomic mass is 32.2. The molecule has 0 atom stereocenters. The van der Waals surface area contributed by atoms with Gasteiger partial charge in [0.15, 0.2) is 0 Å². The molecule has 2 aromatic carbocycles. The maximum absolute atomic E-state index is 13.0. The molecule has 3 rings (SSSR count). The van der Waals surface area contributed by atoms with Crippen molar-refractivity contribution >= 4 is 33.6 Å². The zero-order valence-corrected chi connectivity index (χ0v) is 18.2. The van der Waals surface area contributed by atoms with Crippen molar-refractivity contribution in [1.29, 1.82) is 0 Å². The number of anilines is 1. The van der Waals surface area contributed by atoms with Crippen LogP contribution < -0.4 is 10.6 Å². The van der Waals surface area contributed by atoms with E-state index in [0.717, 1.165) is 9.71 Å². The Kier molecular flexibility index (Phi) is 7.58. The molecular weight excluding hydrogens is 430 g/mol. The lowest BCUT2D eigenvalue weighted by Gasteiger charge is -2.19. The molecule has 0 aliphatic carbocycles. The maximum Gasteiger partial charge on any atom is 0.251 e. The predicted octanol–water partition coefficient (Wildman–Crippen LogP) is 3.08. The molecule has 0 fully saturated rings. The zero-order valence-electron chi connectivity index (χ0n) is 17.4. The Morgan fingerprint density at radius 2 is 1.81 bits per heavy atom. The van der Waals surface area contributed by atoms with Gasteiger partial charge in [0.1, 0.15) is 5.76 Å². The second-order valence-electron chi connectivity index (χ2n) is 6.81. The van der Waals surface area contributed by atoms with Crippen molar-refractivity contribution < 1.29 is 22.4 Å². The lowest BCUT2D eigenvalue weighted by atomic mass is 10.2. The highest BCUT2D eigenvalue weighted by Gasteiger charge is 2.24. The van der Waals surface area contributed by atoms with Gasteiger partial charge in [0, 0.05) is 23.7 Å². The van der Waals surface area contributed by atoms with Crippen LogP contribution >= 0.6 is 0 Å². The Hall–Kier alpha value is -3.69. The van der Waals surface area contributed by atoms with Crippen molar-refractivity contribution in [1.82, 2.24) is 9.62 Å². The number of furan rings is 1. The predicted molar refractivity (Wildman–Crippen MR) is 122 cm³/mol. The average molecular weight is 454 g/mol. The molecule has 32 heavy (non-hydrogen) atoms. The zero-order chi connectivity index (χ0) is 23.0. The summed E-state index contributed by atoms with van der Waals surface area (Å²) in [6.07, 6.45) is 2.90. The van der Waals surface area contributed by atoms with E-state index < -0.39 is 22.5 Å². The van der Waals surface area contributed by atoms with Crippen molar-refractivity contribution in [3.8, 4) is 0 Å². The van der Waals surface area contributed by atoms with Crippen LogP contribution in [0.2, 0.25) is 0 Å². The van der Waals surface area contributed by atoms with E-state index in [9.17, 15) is 18.0 Å². The van der Waals surface area contributed by atoms with Gasteiger partial charge in [-0.25, -0.2) is 8.42 Å². The summed E-state index contributed by atoms with van der Waals surface area (Å²) in [6.45, 7) is -0.549. The molecule has 0 aliphatic rings. The van der Waals surface area contributed by atoms with Crippen LogP contribution in [0.4, 0.5) is 5.69 Å². The Labute approximate surface area is 186 Å². The normalized spacial score (nSPS) is 11.6. The first kappa shape index (κ1) is 23.0. The van der Waals surface area contributed by atoms with E-state index in [2.05, 4.69) is 10.6 Å². The number of sulfonamides is 1. The second kappa shape index (κ2) is 10.6. The quantitative estimate of drug-likeness (QED) is 0.518. The second-order valence-corrected chi connectivity index (χ2v) is 8.63. The molecule has 0 aliphatic heterocycles. The molecule has 0 saturated heterocycles. The number of rotatable bonds is 9. The minimum Gasteiger partial charge on any atom is -0.468 e. The molecule has 0 bridgehead atoms. The number of carbonyl (C=O) groups excluding carboxylic acids is 2. The summed E-state index contributed by atoms with van der Waals surface area (Å²) in [5, 5.41) is 6.21. The van der Waals surface area contributed by atoms with Crippen LogP contribution in [0.1, 0.15) is 21.7 Å². The van der Waals surface area contributed by atoms with E-state index >= 15 is 0 Å². The fourth-order valence-corrected chi connectivity index (χ4v) is 3.98. The third-order valence-electron chi connectivity index (χ3n) is 4.46. The first-order chi connectivity index (χ1) is 15.4. The monoisotopic (exact) mass is 453 g/mol. The van der Waals surface area contributed by atoms with Gasteiger partial charge in [0.25, 0.3) is 5.91 Å². The maximum atomic E-state index is 13.0. The fraction of sp³-hybridized carbons (Fsp3) is 0.130. The molecule has 0 spiro atoms. The van der Waals surface area contributed by atoms with E-state index in [-0.39, 0.29) is 12.5 Å². The third-order valence-corrected chi connectivity index (χ3v) is 5.92. The van der Waals surface area contributed by atoms with Gasteiger partial charge in [-0.1, -0.05) is 36.4 Å². The molecule has 1 heterocycles. The van der Waals surface area contributed by atoms with Crippen molar-refractivity contribution in [3.05, 3.63) is 95.3 Å². The molecule has 2 amide bonds. The van der Waals surface area contributed by atoms with E-state index in [1.165, 1.54) is 25.5 Å². The summed E-state index contributed by atoms with van der Waals surface area (Å²) < 4.78 is 32.2. The van der Waals surface area contributed by atoms with Gasteiger partial charge in [-0.15, -0.1) is 0 Å². The number of amides is 2. The minimum absolute atomic E-state index is 0.111. The van der Waals surface area contributed by atoms with Crippen LogP contribution in [-0.4, -0.2) is 38.1 Å². The van der Waals surface area contributed by atoms with Crippen molar-refractivity contribution in [3.63, 3.8) is 0 Å². The van der Waals surface area contributed by atoms with Gasteiger partial charge in [0.2, 0.25) is 15.9 Å². The molecule has 0 radical (unpaired) electrons. The Morgan fingerprint density at radius 3 is 2.50 bits per heavy atom. The highest BCUT2D eigenvalue weighted by Crippen LogP contribution is 2.15. The molecule has 1 aromatic heterocycles. The number of carbonyl (C=O) groups is 2. The largest absolute Gasteiger partial charge is 0.468 e. The van der Waals surface area contributed by atoms with Crippen LogP contribution in [0.3, 0.4) is 0 Å². The number of nitrogens with zero attached hydrogens (tertiary/aromatic N) is 1. The lowest BCUT2D eigenvalue weighted by molar-refractivity contribution is -0.116. The fourth-order valence-electron chi connectivity index (χ4n) is 2.87. The van der Waals surface area contributed by atoms with Gasteiger partial charge in [-0.2, -0.15) is 4.31 Å². The van der Waals surface area contributed by atoms with E-state index in [0.29, 0.717) is 22.6 Å². The van der Waals surface area contributed by atoms with Gasteiger partial charge >= 0.3 is 0 Å². The average Bonchev–Trinajstić information content (AvgIpc) is 3.31. The first-order valence-corrected chi connectivity index (χ1v) is 11.3. The number of hydrogen-bond donors (Lipinski definition) is 2. The smallest absolute Gasteiger partial charge is 0.251 e. The van der Waals surface area contributed by atoms with E-state index in [1.54, 1.807) is 54.6 Å².